The smallest absolute Gasteiger partial charge is 0.289 e. The Morgan fingerprint density at radius 2 is 1.27 bits per heavy atom. The van der Waals surface area contributed by atoms with Crippen LogP contribution >= 0.6 is 0 Å². The minimum atomic E-state index is -3.84. The fourth-order valence-corrected chi connectivity index (χ4v) is 9.45. The van der Waals surface area contributed by atoms with Crippen LogP contribution in [0.5, 0.6) is 0 Å². The Bertz CT molecular complexity index is 2160. The number of nitrogens with zero attached hydrogens (tertiary/aromatic N) is 2. The molecule has 1 unspecified atom stereocenters. The van der Waals surface area contributed by atoms with Crippen molar-refractivity contribution in [3.8, 4) is 0 Å². The van der Waals surface area contributed by atoms with E-state index in [1.165, 1.54) is 17.0 Å². The van der Waals surface area contributed by atoms with Gasteiger partial charge in [-0.25, -0.2) is 13.1 Å². The number of unbranched alkanes of at least 4 members (excludes halogenated alkanes) is 5. The third-order valence-electron chi connectivity index (χ3n) is 11.8. The molecule has 344 valence electrons. The number of hydrogen-bond acceptors (Lipinski definition) is 9. The van der Waals surface area contributed by atoms with E-state index in [0.29, 0.717) is 42.5 Å². The highest BCUT2D eigenvalue weighted by molar-refractivity contribution is 7.89. The van der Waals surface area contributed by atoms with Crippen molar-refractivity contribution >= 4 is 51.3 Å². The number of hydrogen-bond donors (Lipinski definition) is 6. The van der Waals surface area contributed by atoms with Crippen LogP contribution in [0.3, 0.4) is 0 Å². The van der Waals surface area contributed by atoms with Gasteiger partial charge in [0.15, 0.2) is 5.96 Å². The van der Waals surface area contributed by atoms with Crippen LogP contribution in [0.1, 0.15) is 110 Å². The van der Waals surface area contributed by atoms with Crippen molar-refractivity contribution in [1.29, 1.82) is 0 Å². The fraction of sp³-hybridized carbons (Fsp3) is 0.468. The molecule has 2 aliphatic rings. The van der Waals surface area contributed by atoms with Gasteiger partial charge >= 0.3 is 0 Å². The lowest BCUT2D eigenvalue weighted by Crippen LogP contribution is -2.55. The van der Waals surface area contributed by atoms with Crippen molar-refractivity contribution in [2.24, 2.45) is 28.3 Å². The Hall–Kier alpha value is -5.94. The van der Waals surface area contributed by atoms with E-state index < -0.39 is 39.7 Å². The first kappa shape index (κ1) is 49.1. The lowest BCUT2D eigenvalue weighted by molar-refractivity contribution is -0.140. The predicted octanol–water partition coefficient (Wildman–Crippen LogP) is 3.75. The predicted molar refractivity (Wildman–Crippen MR) is 243 cm³/mol. The maximum Gasteiger partial charge on any atom is 0.289 e. The van der Waals surface area contributed by atoms with Crippen molar-refractivity contribution in [1.82, 2.24) is 25.6 Å². The highest BCUT2D eigenvalue weighted by Crippen LogP contribution is 2.35. The van der Waals surface area contributed by atoms with Crippen LogP contribution in [0.25, 0.3) is 0 Å². The van der Waals surface area contributed by atoms with Crippen molar-refractivity contribution in [2.45, 2.75) is 107 Å². The molecule has 0 aromatic heterocycles. The summed E-state index contributed by atoms with van der Waals surface area (Å²) in [5.41, 5.74) is 12.7. The third kappa shape index (κ3) is 14.6. The molecule has 16 nitrogen and oxygen atoms in total. The Morgan fingerprint density at radius 1 is 0.688 bits per heavy atom. The Balaban J connectivity index is 1.16. The van der Waals surface area contributed by atoms with Gasteiger partial charge in [0.1, 0.15) is 12.1 Å². The van der Waals surface area contributed by atoms with Gasteiger partial charge in [0, 0.05) is 38.5 Å². The molecule has 5 rings (SSSR count). The van der Waals surface area contributed by atoms with E-state index in [4.69, 9.17) is 11.5 Å². The number of ketones is 1. The molecule has 1 saturated carbocycles. The average molecular weight is 899 g/mol. The van der Waals surface area contributed by atoms with Crippen LogP contribution in [0.4, 0.5) is 0 Å². The maximum atomic E-state index is 14.2. The number of sulfonamides is 1. The number of nitrogens with one attached hydrogen (secondary N) is 4. The van der Waals surface area contributed by atoms with Crippen molar-refractivity contribution in [3.63, 3.8) is 0 Å². The first-order valence-corrected chi connectivity index (χ1v) is 23.9. The van der Waals surface area contributed by atoms with Gasteiger partial charge < -0.3 is 27.4 Å². The molecule has 0 radical (unpaired) electrons. The zero-order valence-corrected chi connectivity index (χ0v) is 37.2. The molecule has 8 N–H and O–H groups in total. The van der Waals surface area contributed by atoms with Crippen LogP contribution in [0.2, 0.25) is 0 Å². The molecule has 1 heterocycles. The molecule has 64 heavy (non-hydrogen) atoms. The minimum Gasteiger partial charge on any atom is -0.370 e. The summed E-state index contributed by atoms with van der Waals surface area (Å²) in [6.07, 6.45) is 10.1. The summed E-state index contributed by atoms with van der Waals surface area (Å²) in [6.45, 7) is 0.217. The lowest BCUT2D eigenvalue weighted by atomic mass is 9.85. The van der Waals surface area contributed by atoms with Crippen molar-refractivity contribution in [2.75, 3.05) is 26.2 Å². The highest BCUT2D eigenvalue weighted by atomic mass is 32.2. The van der Waals surface area contributed by atoms with Gasteiger partial charge in [0.05, 0.1) is 16.0 Å². The molecule has 17 heteroatoms. The number of fused-ring (bicyclic) bond motifs is 1. The van der Waals surface area contributed by atoms with Gasteiger partial charge in [-0.05, 0) is 74.3 Å². The van der Waals surface area contributed by atoms with Gasteiger partial charge in [0.25, 0.3) is 17.7 Å². The van der Waals surface area contributed by atoms with Crippen LogP contribution in [0.15, 0.2) is 94.8 Å². The van der Waals surface area contributed by atoms with E-state index >= 15 is 0 Å². The summed E-state index contributed by atoms with van der Waals surface area (Å²) in [7, 11) is -3.84. The summed E-state index contributed by atoms with van der Waals surface area (Å²) >= 11 is 0. The minimum absolute atomic E-state index is 0.0123. The van der Waals surface area contributed by atoms with Gasteiger partial charge in [-0.15, -0.1) is 0 Å². The number of rotatable bonds is 27. The molecule has 0 spiro atoms. The van der Waals surface area contributed by atoms with Gasteiger partial charge in [-0.1, -0.05) is 106 Å². The summed E-state index contributed by atoms with van der Waals surface area (Å²) in [4.78, 5) is 86.0. The number of guanidine groups is 1. The summed E-state index contributed by atoms with van der Waals surface area (Å²) in [5.74, 6) is -3.56. The number of aliphatic imine (C=N–C) groups is 1. The van der Waals surface area contributed by atoms with Crippen molar-refractivity contribution in [3.05, 3.63) is 102 Å². The Kier molecular flexibility index (Phi) is 19.0. The fourth-order valence-electron chi connectivity index (χ4n) is 8.40. The Morgan fingerprint density at radius 3 is 1.91 bits per heavy atom. The number of amides is 5. The van der Waals surface area contributed by atoms with Crippen LogP contribution in [-0.2, 0) is 35.6 Å². The summed E-state index contributed by atoms with van der Waals surface area (Å²) < 4.78 is 27.6. The van der Waals surface area contributed by atoms with E-state index in [-0.39, 0.29) is 72.9 Å². The van der Waals surface area contributed by atoms with Crippen LogP contribution in [-0.4, -0.2) is 92.9 Å². The second-order valence-corrected chi connectivity index (χ2v) is 18.2. The molecule has 0 saturated heterocycles. The number of carbonyl (C=O) groups excluding carboxylic acids is 6. The van der Waals surface area contributed by atoms with Crippen LogP contribution in [0, 0.1) is 11.8 Å². The molecule has 1 aliphatic carbocycles. The quantitative estimate of drug-likeness (QED) is 0.0213. The van der Waals surface area contributed by atoms with Crippen LogP contribution < -0.4 is 32.1 Å². The standard InChI is InChI=1S/C47H62N8O8S/c48-47(49)51-28-17-27-39(43(58)54-40(32-33-18-7-5-8-19-33)41(56)44(59)50-29-30-52-64(62,63)35-22-9-6-10-23-35)53-42(57)36(34-20-12-13-21-34)24-11-3-1-2-4-16-31-55-45(60)37-25-14-15-26-38(37)46(55)61/h5-10,14-15,18-19,22-23,25-26,34,36,39-40,52H,1-4,11-13,16-17,20-21,24,27-32H2,(H,50,59)(H,53,57)(H,54,58)(H4,48,49,51)/t36?,39-,40-/m0/s1. The van der Waals surface area contributed by atoms with Gasteiger partial charge in [-0.2, -0.15) is 0 Å². The second kappa shape index (κ2) is 24.8. The number of Topliss-reactive ketones (excluding diaryl/α,β-unsaturated/α-hetero) is 1. The Labute approximate surface area is 375 Å². The zero-order valence-electron chi connectivity index (χ0n) is 36.3. The number of benzene rings is 3. The molecule has 1 aliphatic heterocycles. The monoisotopic (exact) mass is 898 g/mol. The molecule has 3 aromatic rings. The zero-order chi connectivity index (χ0) is 45.9. The molecular formula is C47H62N8O8S. The SMILES string of the molecule is NC(N)=NCCC[C@H](NC(=O)C(CCCCCCCCN1C(=O)c2ccccc2C1=O)C1CCCC1)C(=O)N[C@@H](Cc1ccccc1)C(=O)C(=O)NCCNS(=O)(=O)c1ccccc1. The number of imide groups is 1. The van der Waals surface area contributed by atoms with E-state index in [0.717, 1.165) is 57.8 Å². The lowest BCUT2D eigenvalue weighted by Gasteiger charge is -2.27. The highest BCUT2D eigenvalue weighted by Gasteiger charge is 2.36. The first-order chi connectivity index (χ1) is 30.9. The van der Waals surface area contributed by atoms with Gasteiger partial charge in [0.2, 0.25) is 27.6 Å². The van der Waals surface area contributed by atoms with E-state index in [2.05, 4.69) is 25.7 Å². The maximum absolute atomic E-state index is 14.2. The first-order valence-electron chi connectivity index (χ1n) is 22.4. The second-order valence-electron chi connectivity index (χ2n) is 16.5. The topological polar surface area (TPSA) is 252 Å². The number of nitrogens with two attached hydrogens (primary N) is 2. The molecule has 5 amide bonds. The number of carbonyl (C=O) groups is 6. The van der Waals surface area contributed by atoms with Crippen molar-refractivity contribution < 1.29 is 37.2 Å². The normalized spacial score (nSPS) is 15.2. The molecule has 3 aromatic carbocycles. The average Bonchev–Trinajstić information content (AvgIpc) is 3.91. The molecule has 3 atom stereocenters. The van der Waals surface area contributed by atoms with E-state index in [9.17, 15) is 37.2 Å². The summed E-state index contributed by atoms with van der Waals surface area (Å²) in [6, 6.07) is 21.1. The molecule has 0 bridgehead atoms. The largest absolute Gasteiger partial charge is 0.370 e. The van der Waals surface area contributed by atoms with E-state index in [1.54, 1.807) is 72.8 Å². The third-order valence-corrected chi connectivity index (χ3v) is 13.3. The molecular weight excluding hydrogens is 837 g/mol. The van der Waals surface area contributed by atoms with E-state index in [1.807, 2.05) is 0 Å². The molecule has 1 fully saturated rings. The van der Waals surface area contributed by atoms with Gasteiger partial charge in [-0.3, -0.25) is 38.7 Å². The summed E-state index contributed by atoms with van der Waals surface area (Å²) in [5, 5.41) is 8.21.